The van der Waals surface area contributed by atoms with E-state index in [1.54, 1.807) is 48.8 Å². The minimum atomic E-state index is -4.07. The van der Waals surface area contributed by atoms with Crippen molar-refractivity contribution in [2.45, 2.75) is 17.9 Å². The Kier molecular flexibility index (Phi) is 6.48. The van der Waals surface area contributed by atoms with Gasteiger partial charge in [0.25, 0.3) is 0 Å². The molecule has 0 unspecified atom stereocenters. The number of amides is 1. The number of nitrogens with one attached hydrogen (secondary N) is 1. The quantitative estimate of drug-likeness (QED) is 0.596. The van der Waals surface area contributed by atoms with E-state index in [1.807, 2.05) is 0 Å². The molecule has 1 aromatic heterocycles. The van der Waals surface area contributed by atoms with Crippen molar-refractivity contribution in [2.24, 2.45) is 5.14 Å². The number of rotatable bonds is 7. The first kappa shape index (κ1) is 20.8. The van der Waals surface area contributed by atoms with Gasteiger partial charge >= 0.3 is 0 Å². The smallest absolute Gasteiger partial charge is 0.241 e. The predicted octanol–water partition coefficient (Wildman–Crippen LogP) is 3.14. The average molecular weight is 432 g/mol. The Labute approximate surface area is 173 Å². The van der Waals surface area contributed by atoms with Gasteiger partial charge in [-0.1, -0.05) is 35.9 Å². The van der Waals surface area contributed by atoms with Crippen molar-refractivity contribution >= 4 is 33.2 Å². The third-order valence-electron chi connectivity index (χ3n) is 3.96. The maximum Gasteiger partial charge on any atom is 0.241 e. The number of halogens is 1. The van der Waals surface area contributed by atoms with E-state index in [9.17, 15) is 13.2 Å². The number of carbonyl (C=O) groups is 1. The van der Waals surface area contributed by atoms with Crippen LogP contribution in [-0.4, -0.2) is 19.3 Å². The number of primary sulfonamides is 1. The predicted molar refractivity (Wildman–Crippen MR) is 110 cm³/mol. The number of hydrogen-bond acceptors (Lipinski definition) is 5. The number of aromatic nitrogens is 1. The van der Waals surface area contributed by atoms with Gasteiger partial charge in [0, 0.05) is 28.7 Å². The summed E-state index contributed by atoms with van der Waals surface area (Å²) < 4.78 is 29.6. The Morgan fingerprint density at radius 3 is 2.62 bits per heavy atom. The zero-order valence-corrected chi connectivity index (χ0v) is 16.8. The van der Waals surface area contributed by atoms with Crippen LogP contribution in [0.5, 0.6) is 5.75 Å². The van der Waals surface area contributed by atoms with Crippen LogP contribution in [0.25, 0.3) is 0 Å². The minimum Gasteiger partial charge on any atom is -0.487 e. The molecule has 0 radical (unpaired) electrons. The van der Waals surface area contributed by atoms with Gasteiger partial charge in [-0.15, -0.1) is 0 Å². The van der Waals surface area contributed by atoms with E-state index in [2.05, 4.69) is 10.3 Å². The van der Waals surface area contributed by atoms with Gasteiger partial charge in [0.05, 0.1) is 6.42 Å². The van der Waals surface area contributed by atoms with E-state index in [0.717, 1.165) is 5.56 Å². The maximum atomic E-state index is 12.3. The lowest BCUT2D eigenvalue weighted by Gasteiger charge is -2.13. The Morgan fingerprint density at radius 1 is 1.14 bits per heavy atom. The second-order valence-electron chi connectivity index (χ2n) is 6.17. The number of nitrogens with zero attached hydrogens (tertiary/aromatic N) is 1. The third kappa shape index (κ3) is 5.77. The Morgan fingerprint density at radius 2 is 1.93 bits per heavy atom. The van der Waals surface area contributed by atoms with Gasteiger partial charge in [0.15, 0.2) is 0 Å². The zero-order valence-electron chi connectivity index (χ0n) is 15.2. The van der Waals surface area contributed by atoms with E-state index in [4.69, 9.17) is 21.5 Å². The van der Waals surface area contributed by atoms with Crippen molar-refractivity contribution in [1.29, 1.82) is 0 Å². The lowest BCUT2D eigenvalue weighted by Crippen LogP contribution is -2.17. The molecule has 3 aromatic rings. The fourth-order valence-corrected chi connectivity index (χ4v) is 3.49. The summed E-state index contributed by atoms with van der Waals surface area (Å²) in [6, 6.07) is 14.8. The van der Waals surface area contributed by atoms with Gasteiger partial charge in [-0.2, -0.15) is 0 Å². The molecule has 0 spiro atoms. The molecular weight excluding hydrogens is 414 g/mol. The van der Waals surface area contributed by atoms with E-state index >= 15 is 0 Å². The first-order valence-electron chi connectivity index (χ1n) is 8.55. The largest absolute Gasteiger partial charge is 0.487 e. The van der Waals surface area contributed by atoms with Crippen molar-refractivity contribution in [3.05, 3.63) is 83.1 Å². The van der Waals surface area contributed by atoms with Crippen LogP contribution in [0, 0.1) is 0 Å². The topological polar surface area (TPSA) is 111 Å². The Balaban J connectivity index is 1.76. The van der Waals surface area contributed by atoms with E-state index in [0.29, 0.717) is 10.6 Å². The van der Waals surface area contributed by atoms with E-state index < -0.39 is 10.0 Å². The molecular formula is C20H18ClN3O4S. The second kappa shape index (κ2) is 9.04. The number of nitrogens with two attached hydrogens (primary N) is 1. The highest BCUT2D eigenvalue weighted by Crippen LogP contribution is 2.27. The number of hydrogen-bond donors (Lipinski definition) is 2. The number of ether oxygens (including phenoxy) is 1. The van der Waals surface area contributed by atoms with Crippen LogP contribution < -0.4 is 15.2 Å². The van der Waals surface area contributed by atoms with Gasteiger partial charge in [-0.05, 0) is 35.9 Å². The molecule has 7 nitrogen and oxygen atoms in total. The molecule has 150 valence electrons. The van der Waals surface area contributed by atoms with Gasteiger partial charge in [0.1, 0.15) is 17.3 Å². The first-order valence-corrected chi connectivity index (χ1v) is 10.5. The summed E-state index contributed by atoms with van der Waals surface area (Å²) in [5.74, 6) is -0.261. The summed E-state index contributed by atoms with van der Waals surface area (Å²) in [4.78, 5) is 16.1. The molecule has 0 aliphatic heterocycles. The molecule has 3 rings (SSSR count). The molecule has 0 saturated heterocycles. The summed E-state index contributed by atoms with van der Waals surface area (Å²) in [7, 11) is -4.07. The Hall–Kier alpha value is -2.94. The number of anilines is 1. The highest BCUT2D eigenvalue weighted by molar-refractivity contribution is 7.89. The van der Waals surface area contributed by atoms with Crippen LogP contribution in [0.2, 0.25) is 5.02 Å². The molecule has 29 heavy (non-hydrogen) atoms. The number of sulfonamides is 1. The molecule has 1 amide bonds. The molecule has 0 bridgehead atoms. The van der Waals surface area contributed by atoms with Crippen LogP contribution in [0.4, 0.5) is 5.69 Å². The van der Waals surface area contributed by atoms with Crippen molar-refractivity contribution in [1.82, 2.24) is 4.98 Å². The minimum absolute atomic E-state index is 0.0453. The standard InChI is InChI=1S/C20H18ClN3O4S/c21-17-6-2-1-5-15(17)10-20(25)24-16-7-8-18(19(11-16)29(22,26)27)28-13-14-4-3-9-23-12-14/h1-9,11-12H,10,13H2,(H,24,25)(H2,22,26,27). The van der Waals surface area contributed by atoms with Crippen molar-refractivity contribution in [3.63, 3.8) is 0 Å². The van der Waals surface area contributed by atoms with Crippen LogP contribution in [0.3, 0.4) is 0 Å². The third-order valence-corrected chi connectivity index (χ3v) is 5.26. The molecule has 3 N–H and O–H groups in total. The highest BCUT2D eigenvalue weighted by atomic mass is 35.5. The molecule has 0 aliphatic rings. The first-order chi connectivity index (χ1) is 13.8. The lowest BCUT2D eigenvalue weighted by atomic mass is 10.1. The number of benzene rings is 2. The highest BCUT2D eigenvalue weighted by Gasteiger charge is 2.17. The van der Waals surface area contributed by atoms with Crippen molar-refractivity contribution in [2.75, 3.05) is 5.32 Å². The summed E-state index contributed by atoms with van der Waals surface area (Å²) in [5.41, 5.74) is 1.71. The van der Waals surface area contributed by atoms with Crippen LogP contribution in [0.1, 0.15) is 11.1 Å². The molecule has 0 fully saturated rings. The molecule has 0 atom stereocenters. The van der Waals surface area contributed by atoms with Crippen molar-refractivity contribution in [3.8, 4) is 5.75 Å². The zero-order chi connectivity index (χ0) is 20.9. The summed E-state index contributed by atoms with van der Waals surface area (Å²) in [5, 5.41) is 8.45. The summed E-state index contributed by atoms with van der Waals surface area (Å²) in [6.45, 7) is 0.120. The molecule has 0 aliphatic carbocycles. The number of pyridine rings is 1. The van der Waals surface area contributed by atoms with Gasteiger partial charge in [0.2, 0.25) is 15.9 Å². The molecule has 2 aromatic carbocycles. The summed E-state index contributed by atoms with van der Waals surface area (Å²) in [6.07, 6.45) is 3.28. The van der Waals surface area contributed by atoms with Crippen molar-refractivity contribution < 1.29 is 17.9 Å². The second-order valence-corrected chi connectivity index (χ2v) is 8.11. The van der Waals surface area contributed by atoms with Gasteiger partial charge < -0.3 is 10.1 Å². The van der Waals surface area contributed by atoms with Crippen LogP contribution in [-0.2, 0) is 27.8 Å². The van der Waals surface area contributed by atoms with Crippen LogP contribution in [0.15, 0.2) is 71.9 Å². The molecule has 0 saturated carbocycles. The van der Waals surface area contributed by atoms with Gasteiger partial charge in [-0.25, -0.2) is 13.6 Å². The molecule has 1 heterocycles. The van der Waals surface area contributed by atoms with E-state index in [1.165, 1.54) is 18.2 Å². The fourth-order valence-electron chi connectivity index (χ4n) is 2.59. The Bertz CT molecular complexity index is 1120. The monoisotopic (exact) mass is 431 g/mol. The number of carbonyl (C=O) groups excluding carboxylic acids is 1. The molecule has 9 heteroatoms. The summed E-state index contributed by atoms with van der Waals surface area (Å²) >= 11 is 6.07. The normalized spacial score (nSPS) is 11.1. The van der Waals surface area contributed by atoms with E-state index in [-0.39, 0.29) is 35.3 Å². The fraction of sp³-hybridized carbons (Fsp3) is 0.100. The SMILES string of the molecule is NS(=O)(=O)c1cc(NC(=O)Cc2ccccc2Cl)ccc1OCc1cccnc1. The average Bonchev–Trinajstić information content (AvgIpc) is 2.69. The maximum absolute atomic E-state index is 12.3. The van der Waals surface area contributed by atoms with Crippen LogP contribution >= 0.6 is 11.6 Å². The lowest BCUT2D eigenvalue weighted by molar-refractivity contribution is -0.115. The van der Waals surface area contributed by atoms with Gasteiger partial charge in [-0.3, -0.25) is 9.78 Å².